The highest BCUT2D eigenvalue weighted by Crippen LogP contribution is 2.23. The maximum atomic E-state index is 13.6. The molecule has 5 heteroatoms. The van der Waals surface area contributed by atoms with Crippen LogP contribution in [0.5, 0.6) is 0 Å². The van der Waals surface area contributed by atoms with Gasteiger partial charge in [-0.25, -0.2) is 8.78 Å². The fourth-order valence-electron chi connectivity index (χ4n) is 1.36. The van der Waals surface area contributed by atoms with Gasteiger partial charge in [-0.3, -0.25) is 4.79 Å². The van der Waals surface area contributed by atoms with Gasteiger partial charge in [-0.2, -0.15) is 0 Å². The van der Waals surface area contributed by atoms with Gasteiger partial charge in [0.15, 0.2) is 0 Å². The van der Waals surface area contributed by atoms with Gasteiger partial charge in [0.1, 0.15) is 11.6 Å². The molecule has 0 saturated carbocycles. The molecule has 0 heterocycles. The number of benzene rings is 1. The molecule has 94 valence electrons. The van der Waals surface area contributed by atoms with E-state index in [-0.39, 0.29) is 18.6 Å². The van der Waals surface area contributed by atoms with E-state index < -0.39 is 17.6 Å². The second kappa shape index (κ2) is 6.59. The SMILES string of the molecule is CCOC(=O)Cc1c(F)cc(SCC)cc1F. The lowest BCUT2D eigenvalue weighted by Crippen LogP contribution is -2.10. The molecule has 0 saturated heterocycles. The fraction of sp³-hybridized carbons (Fsp3) is 0.417. The molecule has 2 nitrogen and oxygen atoms in total. The van der Waals surface area contributed by atoms with Gasteiger partial charge in [-0.15, -0.1) is 11.8 Å². The van der Waals surface area contributed by atoms with Gasteiger partial charge in [0.2, 0.25) is 0 Å². The Balaban J connectivity index is 2.89. The number of thioether (sulfide) groups is 1. The summed E-state index contributed by atoms with van der Waals surface area (Å²) in [5.41, 5.74) is -0.232. The minimum absolute atomic E-state index is 0.200. The number of hydrogen-bond acceptors (Lipinski definition) is 3. The van der Waals surface area contributed by atoms with Gasteiger partial charge in [0, 0.05) is 10.5 Å². The zero-order valence-corrected chi connectivity index (χ0v) is 10.6. The van der Waals surface area contributed by atoms with Crippen molar-refractivity contribution in [1.29, 1.82) is 0 Å². The van der Waals surface area contributed by atoms with E-state index in [1.807, 2.05) is 6.92 Å². The Morgan fingerprint density at radius 2 is 1.88 bits per heavy atom. The number of halogens is 2. The molecule has 0 aliphatic carbocycles. The molecule has 0 atom stereocenters. The summed E-state index contributed by atoms with van der Waals surface area (Å²) in [5.74, 6) is -1.29. The Labute approximate surface area is 103 Å². The fourth-order valence-corrected chi connectivity index (χ4v) is 2.06. The van der Waals surface area contributed by atoms with Crippen molar-refractivity contribution in [3.05, 3.63) is 29.3 Å². The highest BCUT2D eigenvalue weighted by Gasteiger charge is 2.15. The average Bonchev–Trinajstić information content (AvgIpc) is 2.24. The van der Waals surface area contributed by atoms with E-state index in [4.69, 9.17) is 0 Å². The number of rotatable bonds is 5. The van der Waals surface area contributed by atoms with Crippen molar-refractivity contribution in [2.24, 2.45) is 0 Å². The summed E-state index contributed by atoms with van der Waals surface area (Å²) < 4.78 is 31.8. The lowest BCUT2D eigenvalue weighted by Gasteiger charge is -2.07. The van der Waals surface area contributed by atoms with Crippen LogP contribution in [0, 0.1) is 11.6 Å². The second-order valence-electron chi connectivity index (χ2n) is 3.28. The summed E-state index contributed by atoms with van der Waals surface area (Å²) in [6.45, 7) is 3.74. The molecule has 0 amide bonds. The third-order valence-electron chi connectivity index (χ3n) is 2.05. The van der Waals surface area contributed by atoms with Crippen LogP contribution in [-0.4, -0.2) is 18.3 Å². The van der Waals surface area contributed by atoms with Crippen LogP contribution in [0.25, 0.3) is 0 Å². The molecule has 0 N–H and O–H groups in total. The molecule has 0 fully saturated rings. The Kier molecular flexibility index (Phi) is 5.41. The first-order valence-corrected chi connectivity index (χ1v) is 6.33. The predicted octanol–water partition coefficient (Wildman–Crippen LogP) is 3.18. The highest BCUT2D eigenvalue weighted by molar-refractivity contribution is 7.99. The van der Waals surface area contributed by atoms with Gasteiger partial charge < -0.3 is 4.74 Å². The quantitative estimate of drug-likeness (QED) is 0.601. The zero-order valence-electron chi connectivity index (χ0n) is 9.76. The second-order valence-corrected chi connectivity index (χ2v) is 4.62. The number of carbonyl (C=O) groups excluding carboxylic acids is 1. The summed E-state index contributed by atoms with van der Waals surface area (Å²) in [4.78, 5) is 11.7. The van der Waals surface area contributed by atoms with Crippen LogP contribution in [0.3, 0.4) is 0 Å². The van der Waals surface area contributed by atoms with Gasteiger partial charge in [0.25, 0.3) is 0 Å². The van der Waals surface area contributed by atoms with Crippen molar-refractivity contribution in [3.8, 4) is 0 Å². The standard InChI is InChI=1S/C12H14F2O2S/c1-3-16-12(15)7-9-10(13)5-8(17-4-2)6-11(9)14/h5-6H,3-4,7H2,1-2H3. The Bertz CT molecular complexity index is 384. The molecular weight excluding hydrogens is 246 g/mol. The minimum Gasteiger partial charge on any atom is -0.466 e. The smallest absolute Gasteiger partial charge is 0.310 e. The normalized spacial score (nSPS) is 10.4. The van der Waals surface area contributed by atoms with E-state index in [9.17, 15) is 13.6 Å². The molecular formula is C12H14F2O2S. The van der Waals surface area contributed by atoms with Crippen molar-refractivity contribution in [2.75, 3.05) is 12.4 Å². The predicted molar refractivity (Wildman–Crippen MR) is 63.1 cm³/mol. The molecule has 0 spiro atoms. The van der Waals surface area contributed by atoms with Crippen molar-refractivity contribution < 1.29 is 18.3 Å². The Morgan fingerprint density at radius 3 is 2.35 bits per heavy atom. The van der Waals surface area contributed by atoms with E-state index in [1.54, 1.807) is 6.92 Å². The monoisotopic (exact) mass is 260 g/mol. The number of ether oxygens (including phenoxy) is 1. The van der Waals surface area contributed by atoms with Crippen LogP contribution < -0.4 is 0 Å². The zero-order chi connectivity index (χ0) is 12.8. The van der Waals surface area contributed by atoms with E-state index in [0.717, 1.165) is 5.75 Å². The van der Waals surface area contributed by atoms with Gasteiger partial charge >= 0.3 is 5.97 Å². The molecule has 0 aromatic heterocycles. The number of esters is 1. The van der Waals surface area contributed by atoms with Crippen molar-refractivity contribution in [2.45, 2.75) is 25.2 Å². The van der Waals surface area contributed by atoms with Crippen LogP contribution in [-0.2, 0) is 16.0 Å². The molecule has 1 rings (SSSR count). The van der Waals surface area contributed by atoms with Crippen LogP contribution in [0.2, 0.25) is 0 Å². The summed E-state index contributed by atoms with van der Waals surface area (Å²) >= 11 is 1.35. The topological polar surface area (TPSA) is 26.3 Å². The average molecular weight is 260 g/mol. The lowest BCUT2D eigenvalue weighted by molar-refractivity contribution is -0.142. The Hall–Kier alpha value is -1.10. The molecule has 0 radical (unpaired) electrons. The van der Waals surface area contributed by atoms with Crippen LogP contribution in [0.15, 0.2) is 17.0 Å². The van der Waals surface area contributed by atoms with Crippen LogP contribution in [0.1, 0.15) is 19.4 Å². The van der Waals surface area contributed by atoms with Crippen molar-refractivity contribution >= 4 is 17.7 Å². The lowest BCUT2D eigenvalue weighted by atomic mass is 10.1. The molecule has 0 bridgehead atoms. The van der Waals surface area contributed by atoms with Crippen LogP contribution in [0.4, 0.5) is 8.78 Å². The molecule has 0 aliphatic heterocycles. The van der Waals surface area contributed by atoms with E-state index in [0.29, 0.717) is 4.90 Å². The summed E-state index contributed by atoms with van der Waals surface area (Å²) in [6.07, 6.45) is -0.372. The number of hydrogen-bond donors (Lipinski definition) is 0. The number of carbonyl (C=O) groups is 1. The van der Waals surface area contributed by atoms with E-state index in [2.05, 4.69) is 4.74 Å². The van der Waals surface area contributed by atoms with Gasteiger partial charge in [-0.1, -0.05) is 6.92 Å². The maximum Gasteiger partial charge on any atom is 0.310 e. The van der Waals surface area contributed by atoms with Crippen LogP contribution >= 0.6 is 11.8 Å². The first kappa shape index (κ1) is 14.0. The summed E-state index contributed by atoms with van der Waals surface area (Å²) in [6, 6.07) is 2.48. The van der Waals surface area contributed by atoms with Crippen molar-refractivity contribution in [3.63, 3.8) is 0 Å². The Morgan fingerprint density at radius 1 is 1.29 bits per heavy atom. The first-order valence-electron chi connectivity index (χ1n) is 5.34. The van der Waals surface area contributed by atoms with E-state index in [1.165, 1.54) is 23.9 Å². The molecule has 1 aromatic carbocycles. The highest BCUT2D eigenvalue weighted by atomic mass is 32.2. The largest absolute Gasteiger partial charge is 0.466 e. The maximum absolute atomic E-state index is 13.6. The third kappa shape index (κ3) is 4.00. The molecule has 17 heavy (non-hydrogen) atoms. The summed E-state index contributed by atoms with van der Waals surface area (Å²) in [7, 11) is 0. The van der Waals surface area contributed by atoms with E-state index >= 15 is 0 Å². The summed E-state index contributed by atoms with van der Waals surface area (Å²) in [5, 5.41) is 0. The third-order valence-corrected chi connectivity index (χ3v) is 2.91. The van der Waals surface area contributed by atoms with Gasteiger partial charge in [-0.05, 0) is 24.8 Å². The van der Waals surface area contributed by atoms with Crippen molar-refractivity contribution in [1.82, 2.24) is 0 Å². The van der Waals surface area contributed by atoms with Gasteiger partial charge in [0.05, 0.1) is 13.0 Å². The molecule has 0 aliphatic rings. The minimum atomic E-state index is -0.700. The first-order chi connectivity index (χ1) is 8.08. The molecule has 0 unspecified atom stereocenters. The molecule has 1 aromatic rings.